The van der Waals surface area contributed by atoms with Crippen LogP contribution in [-0.4, -0.2) is 30.1 Å². The van der Waals surface area contributed by atoms with E-state index in [2.05, 4.69) is 15.3 Å². The first-order valence-corrected chi connectivity index (χ1v) is 8.08. The zero-order valence-electron chi connectivity index (χ0n) is 14.6. The summed E-state index contributed by atoms with van der Waals surface area (Å²) in [5, 5.41) is 2.85. The Morgan fingerprint density at radius 3 is 2.31 bits per heavy atom. The average molecular weight is 349 g/mol. The second kappa shape index (κ2) is 8.11. The van der Waals surface area contributed by atoms with Crippen LogP contribution in [0.15, 0.2) is 60.9 Å². The molecule has 1 N–H and O–H groups in total. The van der Waals surface area contributed by atoms with Crippen LogP contribution < -0.4 is 14.8 Å². The Kier molecular flexibility index (Phi) is 5.43. The molecule has 0 radical (unpaired) electrons. The lowest BCUT2D eigenvalue weighted by Gasteiger charge is -2.10. The number of nitrogens with zero attached hydrogens (tertiary/aromatic N) is 2. The van der Waals surface area contributed by atoms with E-state index in [0.717, 1.165) is 11.1 Å². The molecule has 0 aliphatic carbocycles. The lowest BCUT2D eigenvalue weighted by Crippen LogP contribution is -2.23. The Morgan fingerprint density at radius 1 is 0.962 bits per heavy atom. The molecule has 2 aromatic carbocycles. The van der Waals surface area contributed by atoms with E-state index in [4.69, 9.17) is 9.47 Å². The molecule has 1 aromatic heterocycles. The molecule has 6 heteroatoms. The minimum Gasteiger partial charge on any atom is -0.493 e. The molecule has 132 valence electrons. The zero-order valence-corrected chi connectivity index (χ0v) is 14.6. The van der Waals surface area contributed by atoms with Crippen LogP contribution >= 0.6 is 0 Å². The number of nitrogens with one attached hydrogen (secondary N) is 1. The Balaban J connectivity index is 1.65. The van der Waals surface area contributed by atoms with Gasteiger partial charge in [-0.1, -0.05) is 36.4 Å². The number of methoxy groups -OCH3 is 2. The largest absolute Gasteiger partial charge is 0.493 e. The predicted octanol–water partition coefficient (Wildman–Crippen LogP) is 3.09. The van der Waals surface area contributed by atoms with Crippen molar-refractivity contribution in [3.8, 4) is 22.9 Å². The van der Waals surface area contributed by atoms with Gasteiger partial charge in [0.05, 0.1) is 19.8 Å². The molecule has 0 spiro atoms. The third kappa shape index (κ3) is 3.97. The lowest BCUT2D eigenvalue weighted by atomic mass is 10.2. The van der Waals surface area contributed by atoms with Crippen LogP contribution in [0.5, 0.6) is 11.5 Å². The van der Waals surface area contributed by atoms with Gasteiger partial charge < -0.3 is 14.8 Å². The number of carbonyl (C=O) groups excluding carboxylic acids is 1. The predicted molar refractivity (Wildman–Crippen MR) is 98.2 cm³/mol. The highest BCUT2D eigenvalue weighted by molar-refractivity contribution is 5.93. The molecule has 0 unspecified atom stereocenters. The molecule has 0 aliphatic rings. The van der Waals surface area contributed by atoms with Gasteiger partial charge in [0.25, 0.3) is 5.91 Å². The molecule has 0 saturated heterocycles. The van der Waals surface area contributed by atoms with Crippen LogP contribution in [0.2, 0.25) is 0 Å². The smallest absolute Gasteiger partial charge is 0.254 e. The molecule has 26 heavy (non-hydrogen) atoms. The quantitative estimate of drug-likeness (QED) is 0.740. The Labute approximate surface area is 151 Å². The fourth-order valence-corrected chi connectivity index (χ4v) is 2.46. The van der Waals surface area contributed by atoms with Crippen LogP contribution in [-0.2, 0) is 6.54 Å². The van der Waals surface area contributed by atoms with Crippen molar-refractivity contribution < 1.29 is 14.3 Å². The minimum atomic E-state index is -0.237. The highest BCUT2D eigenvalue weighted by Gasteiger charge is 2.09. The van der Waals surface area contributed by atoms with Crippen LogP contribution in [0.1, 0.15) is 15.9 Å². The molecule has 0 bridgehead atoms. The number of amides is 1. The molecule has 0 saturated carbocycles. The monoisotopic (exact) mass is 349 g/mol. The maximum absolute atomic E-state index is 12.3. The average Bonchev–Trinajstić information content (AvgIpc) is 2.72. The Morgan fingerprint density at radius 2 is 1.65 bits per heavy atom. The summed E-state index contributed by atoms with van der Waals surface area (Å²) in [6.07, 6.45) is 3.05. The normalized spacial score (nSPS) is 10.2. The number of ether oxygens (including phenoxy) is 2. The molecule has 1 amide bonds. The summed E-state index contributed by atoms with van der Waals surface area (Å²) >= 11 is 0. The van der Waals surface area contributed by atoms with Crippen LogP contribution in [0.3, 0.4) is 0 Å². The summed E-state index contributed by atoms with van der Waals surface area (Å²) in [4.78, 5) is 20.8. The molecule has 3 rings (SSSR count). The van der Waals surface area contributed by atoms with Gasteiger partial charge in [0.15, 0.2) is 17.3 Å². The second-order valence-corrected chi connectivity index (χ2v) is 5.53. The van der Waals surface area contributed by atoms with Crippen molar-refractivity contribution in [2.24, 2.45) is 0 Å². The first kappa shape index (κ1) is 17.4. The van der Waals surface area contributed by atoms with Gasteiger partial charge in [-0.3, -0.25) is 4.79 Å². The topological polar surface area (TPSA) is 73.3 Å². The van der Waals surface area contributed by atoms with E-state index in [9.17, 15) is 4.79 Å². The summed E-state index contributed by atoms with van der Waals surface area (Å²) < 4.78 is 10.5. The molecule has 0 atom stereocenters. The van der Waals surface area contributed by atoms with Crippen molar-refractivity contribution in [3.63, 3.8) is 0 Å². The van der Waals surface area contributed by atoms with E-state index in [1.807, 2.05) is 42.5 Å². The van der Waals surface area contributed by atoms with Crippen molar-refractivity contribution >= 4 is 5.91 Å². The maximum atomic E-state index is 12.3. The van der Waals surface area contributed by atoms with Crippen LogP contribution in [0.25, 0.3) is 11.4 Å². The van der Waals surface area contributed by atoms with Gasteiger partial charge in [0.2, 0.25) is 0 Å². The number of hydrogen-bond acceptors (Lipinski definition) is 5. The fraction of sp³-hybridized carbons (Fsp3) is 0.150. The van der Waals surface area contributed by atoms with E-state index >= 15 is 0 Å². The minimum absolute atomic E-state index is 0.237. The zero-order chi connectivity index (χ0) is 18.4. The summed E-state index contributed by atoms with van der Waals surface area (Å²) in [5.41, 5.74) is 2.22. The molecule has 0 fully saturated rings. The van der Waals surface area contributed by atoms with E-state index in [0.29, 0.717) is 29.4 Å². The standard InChI is InChI=1S/C20H19N3O3/c1-25-17-9-8-14(10-18(17)26-2)11-23-20(24)16-12-21-19(22-13-16)15-6-4-3-5-7-15/h3-10,12-13H,11H2,1-2H3,(H,23,24). The molecular weight excluding hydrogens is 330 g/mol. The summed E-state index contributed by atoms with van der Waals surface area (Å²) in [6.45, 7) is 0.361. The summed E-state index contributed by atoms with van der Waals surface area (Å²) in [6, 6.07) is 15.1. The first-order chi connectivity index (χ1) is 12.7. The van der Waals surface area contributed by atoms with E-state index in [-0.39, 0.29) is 5.91 Å². The first-order valence-electron chi connectivity index (χ1n) is 8.08. The number of aromatic nitrogens is 2. The van der Waals surface area contributed by atoms with E-state index in [1.54, 1.807) is 20.3 Å². The van der Waals surface area contributed by atoms with Gasteiger partial charge in [-0.15, -0.1) is 0 Å². The molecular formula is C20H19N3O3. The van der Waals surface area contributed by atoms with Crippen LogP contribution in [0, 0.1) is 0 Å². The van der Waals surface area contributed by atoms with Gasteiger partial charge in [0.1, 0.15) is 0 Å². The van der Waals surface area contributed by atoms with Crippen molar-refractivity contribution in [2.45, 2.75) is 6.54 Å². The third-order valence-electron chi connectivity index (χ3n) is 3.85. The maximum Gasteiger partial charge on any atom is 0.254 e. The molecule has 1 heterocycles. The van der Waals surface area contributed by atoms with Crippen molar-refractivity contribution in [1.29, 1.82) is 0 Å². The molecule has 0 aliphatic heterocycles. The second-order valence-electron chi connectivity index (χ2n) is 5.53. The van der Waals surface area contributed by atoms with Gasteiger partial charge in [-0.2, -0.15) is 0 Å². The summed E-state index contributed by atoms with van der Waals surface area (Å²) in [5.74, 6) is 1.61. The number of carbonyl (C=O) groups is 1. The fourth-order valence-electron chi connectivity index (χ4n) is 2.46. The SMILES string of the molecule is COc1ccc(CNC(=O)c2cnc(-c3ccccc3)nc2)cc1OC. The van der Waals surface area contributed by atoms with Crippen molar-refractivity contribution in [1.82, 2.24) is 15.3 Å². The van der Waals surface area contributed by atoms with Crippen molar-refractivity contribution in [2.75, 3.05) is 14.2 Å². The van der Waals surface area contributed by atoms with Gasteiger partial charge in [0, 0.05) is 24.5 Å². The van der Waals surface area contributed by atoms with Gasteiger partial charge >= 0.3 is 0 Å². The highest BCUT2D eigenvalue weighted by atomic mass is 16.5. The third-order valence-corrected chi connectivity index (χ3v) is 3.85. The van der Waals surface area contributed by atoms with E-state index < -0.39 is 0 Å². The summed E-state index contributed by atoms with van der Waals surface area (Å²) in [7, 11) is 3.16. The number of hydrogen-bond donors (Lipinski definition) is 1. The van der Waals surface area contributed by atoms with E-state index in [1.165, 1.54) is 12.4 Å². The number of benzene rings is 2. The van der Waals surface area contributed by atoms with Crippen molar-refractivity contribution in [3.05, 3.63) is 72.1 Å². The Hall–Kier alpha value is -3.41. The van der Waals surface area contributed by atoms with Gasteiger partial charge in [-0.25, -0.2) is 9.97 Å². The van der Waals surface area contributed by atoms with Crippen LogP contribution in [0.4, 0.5) is 0 Å². The highest BCUT2D eigenvalue weighted by Crippen LogP contribution is 2.27. The number of rotatable bonds is 6. The molecule has 3 aromatic rings. The lowest BCUT2D eigenvalue weighted by molar-refractivity contribution is 0.0950. The Bertz CT molecular complexity index is 881. The van der Waals surface area contributed by atoms with Gasteiger partial charge in [-0.05, 0) is 17.7 Å². The molecule has 6 nitrogen and oxygen atoms in total.